The highest BCUT2D eigenvalue weighted by Gasteiger charge is 2.19. The number of nitrogens with zero attached hydrogens (tertiary/aromatic N) is 4. The molecule has 6 rings (SSSR count). The van der Waals surface area contributed by atoms with Gasteiger partial charge in [0, 0.05) is 42.9 Å². The summed E-state index contributed by atoms with van der Waals surface area (Å²) >= 11 is 6.05. The second kappa shape index (κ2) is 9.13. The number of halogens is 1. The molecular formula is C28H23ClN4O2. The quantitative estimate of drug-likeness (QED) is 0.319. The zero-order chi connectivity index (χ0) is 23.8. The third kappa shape index (κ3) is 4.05. The summed E-state index contributed by atoms with van der Waals surface area (Å²) in [6, 6.07) is 23.7. The van der Waals surface area contributed by atoms with Crippen LogP contribution >= 0.6 is 11.6 Å². The highest BCUT2D eigenvalue weighted by molar-refractivity contribution is 6.30. The van der Waals surface area contributed by atoms with Crippen LogP contribution < -0.4 is 5.56 Å². The van der Waals surface area contributed by atoms with Gasteiger partial charge in [-0.2, -0.15) is 0 Å². The molecule has 4 heterocycles. The largest absolute Gasteiger partial charge is 0.381 e. The Morgan fingerprint density at radius 3 is 2.43 bits per heavy atom. The second-order valence-electron chi connectivity index (χ2n) is 8.65. The SMILES string of the molecule is O=c1c2ccccc2nc(-c2ccc(-c3cccn3C3CCOCC3)cc2)n1-c1ccc(Cl)cn1. The van der Waals surface area contributed by atoms with Gasteiger partial charge in [0.2, 0.25) is 0 Å². The average molecular weight is 483 g/mol. The van der Waals surface area contributed by atoms with Crippen LogP contribution in [0.5, 0.6) is 0 Å². The monoisotopic (exact) mass is 482 g/mol. The molecule has 0 bridgehead atoms. The van der Waals surface area contributed by atoms with Gasteiger partial charge in [-0.05, 0) is 54.8 Å². The van der Waals surface area contributed by atoms with E-state index >= 15 is 0 Å². The number of benzene rings is 2. The third-order valence-corrected chi connectivity index (χ3v) is 6.74. The maximum atomic E-state index is 13.5. The highest BCUT2D eigenvalue weighted by atomic mass is 35.5. The van der Waals surface area contributed by atoms with E-state index in [1.807, 2.05) is 30.3 Å². The lowest BCUT2D eigenvalue weighted by Crippen LogP contribution is -2.22. The molecule has 5 aromatic rings. The fraction of sp³-hybridized carbons (Fsp3) is 0.179. The van der Waals surface area contributed by atoms with Crippen LogP contribution in [0.15, 0.2) is 90.0 Å². The first-order valence-electron chi connectivity index (χ1n) is 11.7. The summed E-state index contributed by atoms with van der Waals surface area (Å²) in [7, 11) is 0. The maximum Gasteiger partial charge on any atom is 0.267 e. The van der Waals surface area contributed by atoms with Gasteiger partial charge in [0.25, 0.3) is 5.56 Å². The van der Waals surface area contributed by atoms with Crippen molar-refractivity contribution in [1.29, 1.82) is 0 Å². The van der Waals surface area contributed by atoms with Crippen molar-refractivity contribution in [2.45, 2.75) is 18.9 Å². The van der Waals surface area contributed by atoms with E-state index in [4.69, 9.17) is 21.3 Å². The number of fused-ring (bicyclic) bond motifs is 1. The summed E-state index contributed by atoms with van der Waals surface area (Å²) < 4.78 is 9.44. The molecule has 0 atom stereocenters. The number of ether oxygens (including phenoxy) is 1. The van der Waals surface area contributed by atoms with E-state index in [2.05, 4.69) is 40.0 Å². The van der Waals surface area contributed by atoms with Gasteiger partial charge in [-0.15, -0.1) is 0 Å². The zero-order valence-electron chi connectivity index (χ0n) is 19.0. The number of aromatic nitrogens is 4. The normalized spacial score (nSPS) is 14.4. The Morgan fingerprint density at radius 2 is 1.66 bits per heavy atom. The molecule has 0 N–H and O–H groups in total. The molecule has 7 heteroatoms. The summed E-state index contributed by atoms with van der Waals surface area (Å²) in [6.07, 6.45) is 5.71. The molecule has 1 fully saturated rings. The van der Waals surface area contributed by atoms with Gasteiger partial charge in [-0.3, -0.25) is 4.79 Å². The fourth-order valence-electron chi connectivity index (χ4n) is 4.75. The molecule has 6 nitrogen and oxygen atoms in total. The van der Waals surface area contributed by atoms with E-state index < -0.39 is 0 Å². The van der Waals surface area contributed by atoms with Crippen molar-refractivity contribution in [1.82, 2.24) is 19.1 Å². The number of para-hydroxylation sites is 1. The minimum atomic E-state index is -0.169. The first-order chi connectivity index (χ1) is 17.2. The third-order valence-electron chi connectivity index (χ3n) is 6.52. The molecule has 0 radical (unpaired) electrons. The maximum absolute atomic E-state index is 13.5. The summed E-state index contributed by atoms with van der Waals surface area (Å²) in [6.45, 7) is 1.59. The van der Waals surface area contributed by atoms with Crippen LogP contribution in [0.2, 0.25) is 5.02 Å². The second-order valence-corrected chi connectivity index (χ2v) is 9.09. The Morgan fingerprint density at radius 1 is 0.886 bits per heavy atom. The fourth-order valence-corrected chi connectivity index (χ4v) is 4.86. The molecule has 1 aliphatic rings. The number of pyridine rings is 1. The summed E-state index contributed by atoms with van der Waals surface area (Å²) in [5.74, 6) is 1.01. The van der Waals surface area contributed by atoms with Crippen LogP contribution in [0, 0.1) is 0 Å². The Labute approximate surface area is 207 Å². The van der Waals surface area contributed by atoms with E-state index in [-0.39, 0.29) is 5.56 Å². The molecular weight excluding hydrogens is 460 g/mol. The van der Waals surface area contributed by atoms with E-state index in [1.54, 1.807) is 22.8 Å². The Kier molecular flexibility index (Phi) is 5.68. The summed E-state index contributed by atoms with van der Waals surface area (Å²) in [4.78, 5) is 22.8. The predicted octanol–water partition coefficient (Wildman–Crippen LogP) is 5.92. The van der Waals surface area contributed by atoms with Crippen molar-refractivity contribution in [2.24, 2.45) is 0 Å². The molecule has 1 saturated heterocycles. The lowest BCUT2D eigenvalue weighted by atomic mass is 10.1. The molecule has 2 aromatic carbocycles. The molecule has 0 spiro atoms. The van der Waals surface area contributed by atoms with Crippen LogP contribution in [-0.4, -0.2) is 32.3 Å². The molecule has 1 aliphatic heterocycles. The average Bonchev–Trinajstić information content (AvgIpc) is 3.40. The number of rotatable bonds is 4. The van der Waals surface area contributed by atoms with Crippen LogP contribution in [0.25, 0.3) is 39.4 Å². The summed E-state index contributed by atoms with van der Waals surface area (Å²) in [5.41, 5.74) is 3.60. The van der Waals surface area contributed by atoms with Crippen LogP contribution in [0.3, 0.4) is 0 Å². The first-order valence-corrected chi connectivity index (χ1v) is 12.1. The standard InChI is InChI=1S/C28H23ClN4O2/c29-21-11-12-26(30-18-21)33-27(31-24-5-2-1-4-23(24)28(33)34)20-9-7-19(8-10-20)25-6-3-15-32(25)22-13-16-35-17-14-22/h1-12,15,18,22H,13-14,16-17H2. The van der Waals surface area contributed by atoms with Crippen molar-refractivity contribution in [3.8, 4) is 28.5 Å². The Bertz CT molecular complexity index is 1550. The molecule has 0 amide bonds. The Hall–Kier alpha value is -3.74. The first kappa shape index (κ1) is 21.8. The smallest absolute Gasteiger partial charge is 0.267 e. The van der Waals surface area contributed by atoms with E-state index in [0.29, 0.717) is 33.6 Å². The minimum Gasteiger partial charge on any atom is -0.381 e. The van der Waals surface area contributed by atoms with Gasteiger partial charge in [0.05, 0.1) is 15.9 Å². The summed E-state index contributed by atoms with van der Waals surface area (Å²) in [5, 5.41) is 1.05. The van der Waals surface area contributed by atoms with Crippen molar-refractivity contribution < 1.29 is 4.74 Å². The van der Waals surface area contributed by atoms with E-state index in [1.165, 1.54) is 11.9 Å². The van der Waals surface area contributed by atoms with Crippen LogP contribution in [0.4, 0.5) is 0 Å². The molecule has 0 unspecified atom stereocenters. The van der Waals surface area contributed by atoms with Crippen molar-refractivity contribution in [3.63, 3.8) is 0 Å². The van der Waals surface area contributed by atoms with E-state index in [0.717, 1.165) is 37.2 Å². The van der Waals surface area contributed by atoms with Gasteiger partial charge in [-0.25, -0.2) is 14.5 Å². The van der Waals surface area contributed by atoms with Gasteiger partial charge in [0.1, 0.15) is 11.6 Å². The highest BCUT2D eigenvalue weighted by Crippen LogP contribution is 2.31. The lowest BCUT2D eigenvalue weighted by Gasteiger charge is -2.25. The molecule has 0 aliphatic carbocycles. The van der Waals surface area contributed by atoms with Crippen LogP contribution in [-0.2, 0) is 4.74 Å². The van der Waals surface area contributed by atoms with Crippen LogP contribution in [0.1, 0.15) is 18.9 Å². The molecule has 174 valence electrons. The number of hydrogen-bond acceptors (Lipinski definition) is 4. The Balaban J connectivity index is 1.46. The topological polar surface area (TPSA) is 61.9 Å². The number of hydrogen-bond donors (Lipinski definition) is 0. The van der Waals surface area contributed by atoms with Gasteiger partial charge in [0.15, 0.2) is 0 Å². The molecule has 35 heavy (non-hydrogen) atoms. The molecule has 3 aromatic heterocycles. The van der Waals surface area contributed by atoms with Gasteiger partial charge in [-0.1, -0.05) is 48.0 Å². The molecule has 0 saturated carbocycles. The van der Waals surface area contributed by atoms with Gasteiger partial charge >= 0.3 is 0 Å². The van der Waals surface area contributed by atoms with E-state index in [9.17, 15) is 4.79 Å². The van der Waals surface area contributed by atoms with Crippen molar-refractivity contribution >= 4 is 22.5 Å². The lowest BCUT2D eigenvalue weighted by molar-refractivity contribution is 0.0701. The van der Waals surface area contributed by atoms with Crippen molar-refractivity contribution in [2.75, 3.05) is 13.2 Å². The van der Waals surface area contributed by atoms with Gasteiger partial charge < -0.3 is 9.30 Å². The minimum absolute atomic E-state index is 0.169. The zero-order valence-corrected chi connectivity index (χ0v) is 19.7. The predicted molar refractivity (Wildman–Crippen MR) is 138 cm³/mol. The van der Waals surface area contributed by atoms with Crippen molar-refractivity contribution in [3.05, 3.63) is 101 Å².